The van der Waals surface area contributed by atoms with Gasteiger partial charge in [-0.3, -0.25) is 0 Å². The summed E-state index contributed by atoms with van der Waals surface area (Å²) in [5.74, 6) is -0.573. The van der Waals surface area contributed by atoms with Gasteiger partial charge >= 0.3 is 12.1 Å². The Hall–Kier alpha value is -2.90. The minimum Gasteiger partial charge on any atom is -0.467 e. The standard InChI is InChI=1S/C20H17ClN2O5/c1-26-18(24)20-10-14-9-15(21)7-8-16(14)17(20)22-23(12-28-20)19(25)27-11-13-5-3-2-4-6-13/h2-9H,10-12H2,1H3. The van der Waals surface area contributed by atoms with Gasteiger partial charge in [0.2, 0.25) is 5.60 Å². The Labute approximate surface area is 166 Å². The maximum Gasteiger partial charge on any atom is 0.432 e. The molecule has 1 aliphatic carbocycles. The molecule has 28 heavy (non-hydrogen) atoms. The summed E-state index contributed by atoms with van der Waals surface area (Å²) in [6.07, 6.45) is -0.432. The number of benzene rings is 2. The van der Waals surface area contributed by atoms with Crippen molar-refractivity contribution in [2.45, 2.75) is 18.6 Å². The van der Waals surface area contributed by atoms with Gasteiger partial charge in [-0.1, -0.05) is 48.0 Å². The molecule has 2 aromatic carbocycles. The third-order valence-electron chi connectivity index (χ3n) is 4.73. The van der Waals surface area contributed by atoms with E-state index in [-0.39, 0.29) is 19.8 Å². The summed E-state index contributed by atoms with van der Waals surface area (Å²) in [6.45, 7) is -0.122. The number of fused-ring (bicyclic) bond motifs is 3. The number of hydrogen-bond donors (Lipinski definition) is 0. The minimum absolute atomic E-state index is 0.107. The lowest BCUT2D eigenvalue weighted by atomic mass is 9.97. The van der Waals surface area contributed by atoms with Gasteiger partial charge < -0.3 is 14.2 Å². The van der Waals surface area contributed by atoms with Gasteiger partial charge in [0.15, 0.2) is 0 Å². The first-order valence-electron chi connectivity index (χ1n) is 8.62. The summed E-state index contributed by atoms with van der Waals surface area (Å²) in [6, 6.07) is 14.5. The van der Waals surface area contributed by atoms with E-state index in [1.165, 1.54) is 7.11 Å². The number of ether oxygens (including phenoxy) is 3. The van der Waals surface area contributed by atoms with Crippen LogP contribution in [0.2, 0.25) is 5.02 Å². The van der Waals surface area contributed by atoms with E-state index in [0.29, 0.717) is 16.3 Å². The van der Waals surface area contributed by atoms with Gasteiger partial charge in [-0.05, 0) is 23.3 Å². The second-order valence-corrected chi connectivity index (χ2v) is 6.90. The largest absolute Gasteiger partial charge is 0.467 e. The van der Waals surface area contributed by atoms with Crippen molar-refractivity contribution in [1.82, 2.24) is 5.01 Å². The zero-order chi connectivity index (χ0) is 19.7. The molecule has 0 radical (unpaired) electrons. The molecule has 0 saturated carbocycles. The summed E-state index contributed by atoms with van der Waals surface area (Å²) in [7, 11) is 1.29. The normalized spacial score (nSPS) is 20.1. The molecule has 7 nitrogen and oxygen atoms in total. The molecule has 2 aliphatic rings. The van der Waals surface area contributed by atoms with Gasteiger partial charge in [0.05, 0.1) is 7.11 Å². The third-order valence-corrected chi connectivity index (χ3v) is 4.96. The molecule has 4 rings (SSSR count). The van der Waals surface area contributed by atoms with E-state index in [1.54, 1.807) is 18.2 Å². The Balaban J connectivity index is 1.61. The van der Waals surface area contributed by atoms with Crippen LogP contribution in [0.1, 0.15) is 16.7 Å². The van der Waals surface area contributed by atoms with Crippen molar-refractivity contribution >= 4 is 29.4 Å². The molecular formula is C20H17ClN2O5. The Bertz CT molecular complexity index is 962. The SMILES string of the molecule is COC(=O)C12Cc3cc(Cl)ccc3C1=NN(C(=O)OCc1ccccc1)CO2. The fourth-order valence-corrected chi connectivity index (χ4v) is 3.56. The summed E-state index contributed by atoms with van der Waals surface area (Å²) in [5, 5.41) is 5.97. The lowest BCUT2D eigenvalue weighted by Gasteiger charge is -2.33. The van der Waals surface area contributed by atoms with Crippen LogP contribution >= 0.6 is 11.6 Å². The molecule has 8 heteroatoms. The fourth-order valence-electron chi connectivity index (χ4n) is 3.36. The number of carbonyl (C=O) groups excluding carboxylic acids is 2. The maximum atomic E-state index is 12.5. The Kier molecular flexibility index (Phi) is 4.78. The monoisotopic (exact) mass is 400 g/mol. The first kappa shape index (κ1) is 18.5. The molecule has 2 aromatic rings. The molecule has 144 valence electrons. The fraction of sp³-hybridized carbons (Fsp3) is 0.250. The molecule has 1 atom stereocenters. The van der Waals surface area contributed by atoms with Crippen LogP contribution in [0.4, 0.5) is 4.79 Å². The van der Waals surface area contributed by atoms with Crippen LogP contribution in [-0.4, -0.2) is 42.2 Å². The molecule has 0 saturated heterocycles. The first-order chi connectivity index (χ1) is 13.5. The number of nitrogens with zero attached hydrogens (tertiary/aromatic N) is 2. The number of hydrazone groups is 1. The molecule has 0 spiro atoms. The molecule has 1 unspecified atom stereocenters. The average Bonchev–Trinajstić information content (AvgIpc) is 3.05. The van der Waals surface area contributed by atoms with E-state index in [1.807, 2.05) is 30.3 Å². The first-order valence-corrected chi connectivity index (χ1v) is 9.00. The summed E-state index contributed by atoms with van der Waals surface area (Å²) in [5.41, 5.74) is 1.27. The van der Waals surface area contributed by atoms with Crippen molar-refractivity contribution in [2.24, 2.45) is 5.10 Å². The highest BCUT2D eigenvalue weighted by Crippen LogP contribution is 2.38. The number of amides is 1. The smallest absolute Gasteiger partial charge is 0.432 e. The van der Waals surface area contributed by atoms with Crippen molar-refractivity contribution < 1.29 is 23.8 Å². The van der Waals surface area contributed by atoms with Crippen LogP contribution in [-0.2, 0) is 32.0 Å². The summed E-state index contributed by atoms with van der Waals surface area (Å²) in [4.78, 5) is 25.0. The number of carbonyl (C=O) groups is 2. The number of hydrogen-bond acceptors (Lipinski definition) is 6. The third kappa shape index (κ3) is 3.12. The van der Waals surface area contributed by atoms with Crippen LogP contribution in [0.15, 0.2) is 53.6 Å². The molecule has 0 aromatic heterocycles. The highest BCUT2D eigenvalue weighted by atomic mass is 35.5. The number of methoxy groups -OCH3 is 1. The molecule has 0 bridgehead atoms. The van der Waals surface area contributed by atoms with Gasteiger partial charge in [0, 0.05) is 17.0 Å². The van der Waals surface area contributed by atoms with Crippen molar-refractivity contribution in [3.05, 3.63) is 70.2 Å². The van der Waals surface area contributed by atoms with Crippen molar-refractivity contribution in [3.63, 3.8) is 0 Å². The highest BCUT2D eigenvalue weighted by molar-refractivity contribution is 6.31. The van der Waals surface area contributed by atoms with Crippen LogP contribution in [0.25, 0.3) is 0 Å². The van der Waals surface area contributed by atoms with E-state index >= 15 is 0 Å². The predicted octanol–water partition coefficient (Wildman–Crippen LogP) is 3.14. The maximum absolute atomic E-state index is 12.5. The van der Waals surface area contributed by atoms with Gasteiger partial charge in [-0.25, -0.2) is 9.59 Å². The Morgan fingerprint density at radius 1 is 1.25 bits per heavy atom. The molecule has 0 N–H and O–H groups in total. The lowest BCUT2D eigenvalue weighted by molar-refractivity contribution is -0.166. The second-order valence-electron chi connectivity index (χ2n) is 6.46. The number of halogens is 1. The Morgan fingerprint density at radius 2 is 2.04 bits per heavy atom. The van der Waals surface area contributed by atoms with Gasteiger partial charge in [0.1, 0.15) is 19.0 Å². The van der Waals surface area contributed by atoms with Gasteiger partial charge in [0.25, 0.3) is 0 Å². The molecule has 0 fully saturated rings. The average molecular weight is 401 g/mol. The lowest BCUT2D eigenvalue weighted by Crippen LogP contribution is -2.54. The quantitative estimate of drug-likeness (QED) is 0.740. The van der Waals surface area contributed by atoms with E-state index < -0.39 is 17.7 Å². The van der Waals surface area contributed by atoms with Crippen LogP contribution in [0.5, 0.6) is 0 Å². The van der Waals surface area contributed by atoms with Gasteiger partial charge in [-0.15, -0.1) is 0 Å². The zero-order valence-corrected chi connectivity index (χ0v) is 15.8. The number of esters is 1. The van der Waals surface area contributed by atoms with Crippen molar-refractivity contribution in [2.75, 3.05) is 13.8 Å². The topological polar surface area (TPSA) is 77.4 Å². The van der Waals surface area contributed by atoms with Crippen molar-refractivity contribution in [1.29, 1.82) is 0 Å². The second kappa shape index (κ2) is 7.26. The summed E-state index contributed by atoms with van der Waals surface area (Å²) >= 11 is 6.08. The van der Waals surface area contributed by atoms with Crippen LogP contribution in [0.3, 0.4) is 0 Å². The highest BCUT2D eigenvalue weighted by Gasteiger charge is 2.55. The molecule has 1 aliphatic heterocycles. The van der Waals surface area contributed by atoms with Crippen LogP contribution in [0, 0.1) is 0 Å². The summed E-state index contributed by atoms with van der Waals surface area (Å²) < 4.78 is 16.1. The van der Waals surface area contributed by atoms with Gasteiger partial charge in [-0.2, -0.15) is 10.1 Å². The van der Waals surface area contributed by atoms with Crippen LogP contribution < -0.4 is 0 Å². The molecule has 1 heterocycles. The van der Waals surface area contributed by atoms with E-state index in [4.69, 9.17) is 25.8 Å². The molecule has 1 amide bonds. The van der Waals surface area contributed by atoms with Crippen molar-refractivity contribution in [3.8, 4) is 0 Å². The Morgan fingerprint density at radius 3 is 2.79 bits per heavy atom. The van der Waals surface area contributed by atoms with E-state index in [2.05, 4.69) is 5.10 Å². The molecular weight excluding hydrogens is 384 g/mol. The zero-order valence-electron chi connectivity index (χ0n) is 15.1. The minimum atomic E-state index is -1.39. The van der Waals surface area contributed by atoms with E-state index in [0.717, 1.165) is 16.1 Å². The number of rotatable bonds is 3. The van der Waals surface area contributed by atoms with E-state index in [9.17, 15) is 9.59 Å². The predicted molar refractivity (Wildman–Crippen MR) is 101 cm³/mol.